The average molecular weight is 286 g/mol. The fourth-order valence-corrected chi connectivity index (χ4v) is 3.84. The normalized spacial score (nSPS) is 10.5. The maximum atomic E-state index is 5.88. The average Bonchev–Trinajstić information content (AvgIpc) is 2.81. The Kier molecular flexibility index (Phi) is 4.31. The minimum atomic E-state index is 0.762. The fourth-order valence-electron chi connectivity index (χ4n) is 1.51. The van der Waals surface area contributed by atoms with Gasteiger partial charge < -0.3 is 0 Å². The van der Waals surface area contributed by atoms with Gasteiger partial charge in [0.2, 0.25) is 0 Å². The molecular formula is C12H14ClN2S2+. The summed E-state index contributed by atoms with van der Waals surface area (Å²) in [7, 11) is 0. The summed E-state index contributed by atoms with van der Waals surface area (Å²) in [6.45, 7) is 6.38. The van der Waals surface area contributed by atoms with Gasteiger partial charge in [0.05, 0.1) is 0 Å². The number of aromatic nitrogens is 1. The molecule has 0 fully saturated rings. The van der Waals surface area contributed by atoms with E-state index < -0.39 is 0 Å². The molecule has 17 heavy (non-hydrogen) atoms. The summed E-state index contributed by atoms with van der Waals surface area (Å²) >= 11 is 9.18. The van der Waals surface area contributed by atoms with Gasteiger partial charge in [-0.05, 0) is 37.3 Å². The van der Waals surface area contributed by atoms with E-state index in [1.165, 1.54) is 3.98 Å². The van der Waals surface area contributed by atoms with E-state index in [0.717, 1.165) is 28.7 Å². The summed E-state index contributed by atoms with van der Waals surface area (Å²) < 4.78 is 8.09. The zero-order valence-corrected chi connectivity index (χ0v) is 12.2. The lowest BCUT2D eigenvalue weighted by Gasteiger charge is -1.94. The maximum Gasteiger partial charge on any atom is 0.333 e. The highest BCUT2D eigenvalue weighted by Crippen LogP contribution is 2.22. The van der Waals surface area contributed by atoms with Crippen LogP contribution in [-0.2, 0) is 0 Å². The highest BCUT2D eigenvalue weighted by atomic mass is 35.5. The van der Waals surface area contributed by atoms with Crippen molar-refractivity contribution in [2.45, 2.75) is 13.8 Å². The number of rotatable bonds is 3. The molecule has 2 nitrogen and oxygen atoms in total. The van der Waals surface area contributed by atoms with Gasteiger partial charge in [-0.1, -0.05) is 23.7 Å². The summed E-state index contributed by atoms with van der Waals surface area (Å²) in [4.78, 5) is 0. The van der Waals surface area contributed by atoms with Crippen LogP contribution >= 0.6 is 34.5 Å². The van der Waals surface area contributed by atoms with Gasteiger partial charge in [-0.15, -0.1) is 0 Å². The third-order valence-corrected chi connectivity index (χ3v) is 4.99. The molecule has 0 amide bonds. The first-order valence-corrected chi connectivity index (χ1v) is 7.52. The van der Waals surface area contributed by atoms with E-state index in [9.17, 15) is 0 Å². The van der Waals surface area contributed by atoms with Crippen LogP contribution in [0.25, 0.3) is 10.6 Å². The van der Waals surface area contributed by atoms with Crippen LogP contribution in [-0.4, -0.2) is 17.5 Å². The lowest BCUT2D eigenvalue weighted by atomic mass is 10.2. The molecule has 0 bridgehead atoms. The number of hydrogen-bond donors (Lipinski definition) is 0. The first-order valence-electron chi connectivity index (χ1n) is 5.55. The highest BCUT2D eigenvalue weighted by molar-refractivity contribution is 7.25. The smallest absolute Gasteiger partial charge is 0.211 e. The molecule has 90 valence electrons. The van der Waals surface area contributed by atoms with Crippen LogP contribution in [0.1, 0.15) is 13.8 Å². The number of benzene rings is 1. The molecule has 0 atom stereocenters. The van der Waals surface area contributed by atoms with Crippen molar-refractivity contribution in [3.63, 3.8) is 0 Å². The SMILES string of the molecule is CC[N+](CC)=c1snc(-c2ccc(Cl)cc2)s1. The van der Waals surface area contributed by atoms with Crippen molar-refractivity contribution in [3.05, 3.63) is 33.3 Å². The van der Waals surface area contributed by atoms with E-state index in [4.69, 9.17) is 11.6 Å². The molecule has 2 rings (SSSR count). The fraction of sp³-hybridized carbons (Fsp3) is 0.333. The zero-order valence-electron chi connectivity index (χ0n) is 9.81. The summed E-state index contributed by atoms with van der Waals surface area (Å²) in [6, 6.07) is 7.83. The largest absolute Gasteiger partial charge is 0.333 e. The van der Waals surface area contributed by atoms with E-state index >= 15 is 0 Å². The van der Waals surface area contributed by atoms with Crippen molar-refractivity contribution >= 4 is 34.5 Å². The summed E-state index contributed by atoms with van der Waals surface area (Å²) in [5, 5.41) is 1.83. The van der Waals surface area contributed by atoms with Crippen LogP contribution in [0.4, 0.5) is 0 Å². The van der Waals surface area contributed by atoms with Crippen molar-refractivity contribution in [1.82, 2.24) is 8.95 Å². The van der Waals surface area contributed by atoms with Gasteiger partial charge in [-0.2, -0.15) is 4.37 Å². The Balaban J connectivity index is 2.42. The van der Waals surface area contributed by atoms with Crippen LogP contribution in [0.15, 0.2) is 24.3 Å². The standard InChI is InChI=1S/C12H14ClN2S2/c1-3-15(4-2)12-16-11(14-17-12)9-5-7-10(13)8-6-9/h5-8H,3-4H2,1-2H3/q+1. The van der Waals surface area contributed by atoms with Crippen LogP contribution in [0.2, 0.25) is 5.02 Å². The lowest BCUT2D eigenvalue weighted by molar-refractivity contribution is 0.643. The topological polar surface area (TPSA) is 15.9 Å². The summed E-state index contributed by atoms with van der Waals surface area (Å²) in [5.74, 6) is 0. The monoisotopic (exact) mass is 285 g/mol. The molecule has 5 heteroatoms. The van der Waals surface area contributed by atoms with Crippen molar-refractivity contribution < 1.29 is 0 Å². The molecular weight excluding hydrogens is 272 g/mol. The predicted octanol–water partition coefficient (Wildman–Crippen LogP) is 3.34. The van der Waals surface area contributed by atoms with Gasteiger partial charge in [0.25, 0.3) is 0 Å². The van der Waals surface area contributed by atoms with Gasteiger partial charge in [0.1, 0.15) is 18.1 Å². The van der Waals surface area contributed by atoms with Crippen molar-refractivity contribution in [2.24, 2.45) is 0 Å². The van der Waals surface area contributed by atoms with Gasteiger partial charge in [0.15, 0.2) is 0 Å². The summed E-state index contributed by atoms with van der Waals surface area (Å²) in [6.07, 6.45) is 0. The van der Waals surface area contributed by atoms with Crippen molar-refractivity contribution in [3.8, 4) is 10.6 Å². The van der Waals surface area contributed by atoms with Crippen LogP contribution in [0.3, 0.4) is 0 Å². The Morgan fingerprint density at radius 3 is 2.41 bits per heavy atom. The van der Waals surface area contributed by atoms with Gasteiger partial charge in [0, 0.05) is 22.1 Å². The number of halogens is 1. The molecule has 0 N–H and O–H groups in total. The minimum Gasteiger partial charge on any atom is -0.211 e. The molecule has 0 saturated heterocycles. The van der Waals surface area contributed by atoms with Crippen molar-refractivity contribution in [2.75, 3.05) is 13.1 Å². The molecule has 0 unspecified atom stereocenters. The number of nitrogens with zero attached hydrogens (tertiary/aromatic N) is 2. The van der Waals surface area contributed by atoms with Crippen molar-refractivity contribution in [1.29, 1.82) is 0 Å². The molecule has 2 aromatic rings. The summed E-state index contributed by atoms with van der Waals surface area (Å²) in [5.41, 5.74) is 1.13. The molecule has 1 aromatic carbocycles. The maximum absolute atomic E-state index is 5.88. The Morgan fingerprint density at radius 2 is 1.82 bits per heavy atom. The quantitative estimate of drug-likeness (QED) is 0.790. The van der Waals surface area contributed by atoms with Gasteiger partial charge in [-0.3, -0.25) is 0 Å². The second-order valence-corrected chi connectivity index (χ2v) is 5.96. The zero-order chi connectivity index (χ0) is 12.3. The third kappa shape index (κ3) is 2.94. The molecule has 1 heterocycles. The predicted molar refractivity (Wildman–Crippen MR) is 76.8 cm³/mol. The van der Waals surface area contributed by atoms with Gasteiger partial charge >= 0.3 is 3.98 Å². The van der Waals surface area contributed by atoms with E-state index in [1.54, 1.807) is 22.9 Å². The Morgan fingerprint density at radius 1 is 1.18 bits per heavy atom. The number of hydrogen-bond acceptors (Lipinski definition) is 3. The van der Waals surface area contributed by atoms with Crippen LogP contribution in [0.5, 0.6) is 0 Å². The Labute approximate surface area is 114 Å². The van der Waals surface area contributed by atoms with E-state index in [0.29, 0.717) is 0 Å². The first kappa shape index (κ1) is 12.7. The highest BCUT2D eigenvalue weighted by Gasteiger charge is 2.08. The third-order valence-electron chi connectivity index (χ3n) is 2.50. The van der Waals surface area contributed by atoms with Crippen LogP contribution in [0, 0.1) is 0 Å². The lowest BCUT2D eigenvalue weighted by Crippen LogP contribution is -2.25. The van der Waals surface area contributed by atoms with E-state index in [2.05, 4.69) is 22.8 Å². The van der Waals surface area contributed by atoms with E-state index in [1.807, 2.05) is 24.3 Å². The van der Waals surface area contributed by atoms with E-state index in [-0.39, 0.29) is 0 Å². The van der Waals surface area contributed by atoms with Gasteiger partial charge in [-0.25, -0.2) is 4.58 Å². The second-order valence-electron chi connectivity index (χ2n) is 3.53. The molecule has 0 radical (unpaired) electrons. The first-order chi connectivity index (χ1) is 8.24. The van der Waals surface area contributed by atoms with Crippen LogP contribution < -0.4 is 8.56 Å². The Bertz CT molecular complexity index is 548. The molecule has 0 saturated carbocycles. The Hall–Kier alpha value is -0.710. The molecule has 0 aliphatic carbocycles. The second kappa shape index (κ2) is 5.76. The molecule has 0 aliphatic heterocycles. The molecule has 1 aromatic heterocycles. The minimum absolute atomic E-state index is 0.762. The molecule has 0 aliphatic rings. The molecule has 0 spiro atoms.